The van der Waals surface area contributed by atoms with Crippen LogP contribution in [0, 0.1) is 0 Å². The summed E-state index contributed by atoms with van der Waals surface area (Å²) in [6, 6.07) is 0. The molecule has 46 nitrogen and oxygen atoms in total. The van der Waals surface area contributed by atoms with Crippen molar-refractivity contribution in [3.8, 4) is 0 Å². The molecule has 0 spiro atoms. The van der Waals surface area contributed by atoms with Gasteiger partial charge in [-0.1, -0.05) is 45.1 Å². The van der Waals surface area contributed by atoms with E-state index in [1.807, 2.05) is 13.8 Å². The van der Waals surface area contributed by atoms with E-state index >= 15 is 0 Å². The number of esters is 2. The van der Waals surface area contributed by atoms with Crippen LogP contribution in [0.4, 0.5) is 0 Å². The normalized spacial score (nSPS) is 11.5. The van der Waals surface area contributed by atoms with Gasteiger partial charge in [0.05, 0.1) is 65.3 Å². The van der Waals surface area contributed by atoms with Crippen molar-refractivity contribution < 1.29 is 169 Å². The predicted octanol–water partition coefficient (Wildman–Crippen LogP) is -4.94. The minimum atomic E-state index is -4.87. The van der Waals surface area contributed by atoms with Crippen LogP contribution in [0.5, 0.6) is 0 Å². The van der Waals surface area contributed by atoms with Gasteiger partial charge in [0.25, 0.3) is 0 Å². The second-order valence-corrected chi connectivity index (χ2v) is 26.1. The molecule has 115 heavy (non-hydrogen) atoms. The van der Waals surface area contributed by atoms with Crippen molar-refractivity contribution in [1.29, 1.82) is 0 Å². The number of Topliss-reactive ketones (excluding diaryl/α,β-unsaturated/α-hetero) is 6. The molecule has 47 heteroatoms. The van der Waals surface area contributed by atoms with Crippen molar-refractivity contribution in [2.45, 2.75) is 136 Å². The minimum absolute atomic E-state index is 0.0781. The molecule has 0 aliphatic carbocycles. The molecular weight excluding hydrogens is 1560 g/mol. The first-order valence-corrected chi connectivity index (χ1v) is 37.0. The molecule has 0 bridgehead atoms. The molecule has 0 aromatic carbocycles. The zero-order chi connectivity index (χ0) is 87.2. The van der Waals surface area contributed by atoms with Gasteiger partial charge in [0.2, 0.25) is 65.0 Å². The highest BCUT2D eigenvalue weighted by atomic mass is 31.2. The number of carbonyl (C=O) groups is 24. The van der Waals surface area contributed by atoms with Crippen LogP contribution >= 0.6 is 7.82 Å². The highest BCUT2D eigenvalue weighted by Gasteiger charge is 2.30. The first-order valence-electron chi connectivity index (χ1n) is 35.5. The van der Waals surface area contributed by atoms with E-state index in [0.29, 0.717) is 38.9 Å². The van der Waals surface area contributed by atoms with Gasteiger partial charge in [-0.2, -0.15) is 0 Å². The molecule has 2 unspecified atom stereocenters. The molecule has 2 atom stereocenters. The van der Waals surface area contributed by atoms with Gasteiger partial charge < -0.3 is 96.3 Å². The number of hydrogen-bond acceptors (Lipinski definition) is 29. The fraction of sp³-hybridized carbons (Fsp3) is 0.588. The van der Waals surface area contributed by atoms with Gasteiger partial charge in [0.15, 0.2) is 40.8 Å². The third-order valence-corrected chi connectivity index (χ3v) is 15.6. The predicted molar refractivity (Wildman–Crippen MR) is 386 cm³/mol. The zero-order valence-electron chi connectivity index (χ0n) is 63.5. The second-order valence-electron chi connectivity index (χ2n) is 24.7. The summed E-state index contributed by atoms with van der Waals surface area (Å²) < 4.78 is 32.5. The number of aliphatic carboxylic acids is 5. The SMILES string of the molecule is CC/C=C\CC(=O)OCC(COP(=O)(O)OCCNC(=O)CC(=O)NCC(=O)CCC(=O)N(CC(=O)O)CC(=O)NCC(=O)CCC(=O)N(CC(=O)O)CC(=O)NCC(=O)CCC(=O)N(CC(=O)O)CC(=O)NCC(=O)CCC(=O)N(CC(=O)O)CC(=O)NCC(=O)CCC(=O)N(CC(=O)O)CC(=O)CCC)OC(=O)C/C=C\CC. The minimum Gasteiger partial charge on any atom is -0.480 e. The molecule has 0 saturated carbocycles. The van der Waals surface area contributed by atoms with Gasteiger partial charge in [0, 0.05) is 77.2 Å². The van der Waals surface area contributed by atoms with Crippen LogP contribution in [0.3, 0.4) is 0 Å². The summed E-state index contributed by atoms with van der Waals surface area (Å²) in [5.41, 5.74) is 0. The quantitative estimate of drug-likeness (QED) is 0.00892. The smallest absolute Gasteiger partial charge is 0.472 e. The topological polar surface area (TPSA) is 673 Å². The number of rotatable bonds is 65. The first-order chi connectivity index (χ1) is 54.1. The van der Waals surface area contributed by atoms with Gasteiger partial charge in [-0.3, -0.25) is 124 Å². The molecule has 0 radical (unpaired) electrons. The largest absolute Gasteiger partial charge is 0.480 e. The lowest BCUT2D eigenvalue weighted by Crippen LogP contribution is -2.45. The van der Waals surface area contributed by atoms with E-state index < -0.39 is 351 Å². The Bertz CT molecular complexity index is 3620. The number of allylic oxidation sites excluding steroid dienone is 2. The van der Waals surface area contributed by atoms with E-state index in [2.05, 4.69) is 31.9 Å². The number of hydrogen-bond donors (Lipinski definition) is 12. The Kier molecular flexibility index (Phi) is 52.0. The van der Waals surface area contributed by atoms with E-state index in [1.165, 1.54) is 6.08 Å². The number of carbonyl (C=O) groups excluding carboxylic acids is 19. The van der Waals surface area contributed by atoms with Crippen molar-refractivity contribution in [1.82, 2.24) is 56.4 Å². The summed E-state index contributed by atoms with van der Waals surface area (Å²) >= 11 is 0. The number of ether oxygens (including phenoxy) is 2. The monoisotopic (exact) mass is 1660 g/mol. The maximum absolute atomic E-state index is 13.0. The number of carboxylic acid groups (broad SMARTS) is 5. The molecule has 0 aliphatic rings. The summed E-state index contributed by atoms with van der Waals surface area (Å²) in [7, 11) is -4.87. The van der Waals surface area contributed by atoms with Crippen LogP contribution < -0.4 is 31.9 Å². The van der Waals surface area contributed by atoms with Crippen molar-refractivity contribution in [2.24, 2.45) is 0 Å². The van der Waals surface area contributed by atoms with Crippen LogP contribution in [-0.2, 0) is 138 Å². The average molecular weight is 1660 g/mol. The number of carboxylic acids is 5. The van der Waals surface area contributed by atoms with Crippen molar-refractivity contribution in [3.63, 3.8) is 0 Å². The summed E-state index contributed by atoms with van der Waals surface area (Å²) in [5.74, 6) is -25.3. The Morgan fingerprint density at radius 3 is 0.939 bits per heavy atom. The second kappa shape index (κ2) is 58.0. The molecule has 0 aromatic heterocycles. The summed E-state index contributed by atoms with van der Waals surface area (Å²) in [6.45, 7) is -10.4. The third kappa shape index (κ3) is 53.6. The van der Waals surface area contributed by atoms with Gasteiger partial charge >= 0.3 is 49.6 Å². The number of nitrogens with zero attached hydrogens (tertiary/aromatic N) is 5. The maximum atomic E-state index is 13.0. The lowest BCUT2D eigenvalue weighted by atomic mass is 10.1. The van der Waals surface area contributed by atoms with E-state index in [9.17, 15) is 145 Å². The fourth-order valence-electron chi connectivity index (χ4n) is 9.04. The highest BCUT2D eigenvalue weighted by Crippen LogP contribution is 2.43. The standard InChI is InChI=1S/C68H98N11O35P/c1-4-7-9-12-67(107)111-42-50(114-68(108)13-10-8-5-2)43-113-115(109,110)112-25-24-69-51(86)26-52(87)70-27-44(80)15-20-58(93)76(38-63(99)100)33-54(89)72-29-46(82)17-22-60(95)78(40-65(103)104)35-56(91)74-31-48(84)18-23-61(96)79(41-66(105)106)36-55(90)73-30-47(83)16-21-59(94)77(39-64(101)102)34-53(88)71-28-45(81)14-19-57(92)75(37-62(97)98)32-49(85)11-6-3/h7-10,50H,4-6,11-43H2,1-3H3,(H,69,86)(H,70,87)(H,71,88)(H,72,89)(H,73,90)(H,74,91)(H,97,98)(H,99,100)(H,101,102)(H,103,104)(H,105,106)(H,109,110)/b9-7-,10-8-. The van der Waals surface area contributed by atoms with Crippen LogP contribution in [-0.4, -0.2) is 327 Å². The van der Waals surface area contributed by atoms with Crippen LogP contribution in [0.25, 0.3) is 0 Å². The first kappa shape index (κ1) is 103. The number of phosphoric ester groups is 1. The van der Waals surface area contributed by atoms with E-state index in [1.54, 1.807) is 25.2 Å². The number of amides is 11. The van der Waals surface area contributed by atoms with Gasteiger partial charge in [-0.25, -0.2) is 4.57 Å². The molecule has 0 aliphatic heterocycles. The van der Waals surface area contributed by atoms with E-state index in [0.717, 1.165) is 4.90 Å². The van der Waals surface area contributed by atoms with Gasteiger partial charge in [-0.15, -0.1) is 0 Å². The Hall–Kier alpha value is -11.9. The average Bonchev–Trinajstić information content (AvgIpc) is 0.927. The molecule has 640 valence electrons. The summed E-state index contributed by atoms with van der Waals surface area (Å²) in [6.07, 6.45) is -0.708. The lowest BCUT2D eigenvalue weighted by molar-refractivity contribution is -0.160. The molecule has 11 amide bonds. The van der Waals surface area contributed by atoms with Crippen LogP contribution in [0.2, 0.25) is 0 Å². The van der Waals surface area contributed by atoms with Crippen molar-refractivity contribution in [3.05, 3.63) is 24.3 Å². The maximum Gasteiger partial charge on any atom is 0.472 e. The molecule has 0 heterocycles. The van der Waals surface area contributed by atoms with E-state index in [4.69, 9.17) is 23.6 Å². The molecule has 0 saturated heterocycles. The molecular formula is C68H98N11O35P. The Morgan fingerprint density at radius 2 is 0.635 bits per heavy atom. The molecule has 0 aromatic rings. The fourth-order valence-corrected chi connectivity index (χ4v) is 9.79. The highest BCUT2D eigenvalue weighted by molar-refractivity contribution is 7.47. The molecule has 0 rings (SSSR count). The zero-order valence-corrected chi connectivity index (χ0v) is 64.4. The van der Waals surface area contributed by atoms with Gasteiger partial charge in [-0.05, 0) is 19.3 Å². The molecule has 12 N–H and O–H groups in total. The van der Waals surface area contributed by atoms with Crippen molar-refractivity contribution in [2.75, 3.05) is 125 Å². The van der Waals surface area contributed by atoms with Crippen LogP contribution in [0.1, 0.15) is 130 Å². The van der Waals surface area contributed by atoms with Crippen LogP contribution in [0.15, 0.2) is 24.3 Å². The van der Waals surface area contributed by atoms with E-state index in [-0.39, 0.29) is 19.3 Å². The summed E-state index contributed by atoms with van der Waals surface area (Å²) in [4.78, 5) is 310. The number of nitrogens with one attached hydrogen (secondary N) is 6. The van der Waals surface area contributed by atoms with Gasteiger partial charge in [0.1, 0.15) is 71.9 Å². The Labute approximate surface area is 657 Å². The number of phosphoric acid groups is 1. The third-order valence-electron chi connectivity index (χ3n) is 14.7. The Balaban J connectivity index is 5.13. The Morgan fingerprint density at radius 1 is 0.339 bits per heavy atom. The van der Waals surface area contributed by atoms with Crippen molar-refractivity contribution >= 4 is 149 Å². The summed E-state index contributed by atoms with van der Waals surface area (Å²) in [5, 5.41) is 59.4. The lowest BCUT2D eigenvalue weighted by Gasteiger charge is -2.21. The molecule has 0 fully saturated rings. The number of ketones is 6.